The van der Waals surface area contributed by atoms with Crippen molar-refractivity contribution in [1.29, 1.82) is 10.5 Å². The first kappa shape index (κ1) is 44.0. The highest BCUT2D eigenvalue weighted by Crippen LogP contribution is 2.35. The zero-order chi connectivity index (χ0) is 39.4. The topological polar surface area (TPSA) is 63.3 Å². The number of benzene rings is 4. The molecule has 0 amide bonds. The average molecular weight is 727 g/mol. The molecule has 2 aliphatic heterocycles. The maximum Gasteiger partial charge on any atom is 0.118 e. The van der Waals surface area contributed by atoms with Gasteiger partial charge in [-0.2, -0.15) is 10.5 Å². The van der Waals surface area contributed by atoms with Crippen molar-refractivity contribution in [1.82, 2.24) is 9.80 Å². The summed E-state index contributed by atoms with van der Waals surface area (Å²) in [6.45, 7) is 21.1. The largest absolute Gasteiger partial charge is 0.497 e. The Morgan fingerprint density at radius 1 is 0.556 bits per heavy atom. The number of hydrogen-bond donors (Lipinski definition) is 0. The molecule has 6 rings (SSSR count). The molecule has 54 heavy (non-hydrogen) atoms. The fourth-order valence-corrected chi connectivity index (χ4v) is 7.11. The number of rotatable bonds is 10. The van der Waals surface area contributed by atoms with E-state index in [-0.39, 0.29) is 10.8 Å². The number of nitriles is 2. The van der Waals surface area contributed by atoms with Crippen LogP contribution in [-0.4, -0.2) is 43.1 Å². The van der Waals surface area contributed by atoms with Crippen LogP contribution in [0.3, 0.4) is 0 Å². The molecule has 0 saturated carbocycles. The van der Waals surface area contributed by atoms with E-state index in [1.807, 2.05) is 39.8 Å². The Kier molecular flexibility index (Phi) is 18.5. The van der Waals surface area contributed by atoms with E-state index >= 15 is 0 Å². The third kappa shape index (κ3) is 13.5. The Labute approximate surface area is 328 Å². The summed E-state index contributed by atoms with van der Waals surface area (Å²) in [6.07, 6.45) is 6.93. The van der Waals surface area contributed by atoms with Gasteiger partial charge in [-0.25, -0.2) is 0 Å². The SMILES string of the molecule is CC.CC.CCc1cccc(-c2ccc(CN3CCC(C)(CC#N)CC3)cc2)c1.COc1ccc(-c2ccc(CN3CCC(C)(CC#N)CC3)cc2)cc1. The average Bonchev–Trinajstić information content (AvgIpc) is 3.22. The van der Waals surface area contributed by atoms with Crippen LogP contribution in [0.2, 0.25) is 0 Å². The molecule has 0 N–H and O–H groups in total. The lowest BCUT2D eigenvalue weighted by Crippen LogP contribution is -2.38. The van der Waals surface area contributed by atoms with Crippen molar-refractivity contribution in [2.75, 3.05) is 33.3 Å². The van der Waals surface area contributed by atoms with E-state index in [2.05, 4.69) is 128 Å². The molecule has 0 atom stereocenters. The van der Waals surface area contributed by atoms with E-state index in [0.29, 0.717) is 12.8 Å². The summed E-state index contributed by atoms with van der Waals surface area (Å²) in [5.41, 5.74) is 9.57. The lowest BCUT2D eigenvalue weighted by Gasteiger charge is -2.38. The Balaban J connectivity index is 0.000000266. The van der Waals surface area contributed by atoms with Gasteiger partial charge in [0.2, 0.25) is 0 Å². The Morgan fingerprint density at radius 2 is 0.944 bits per heavy atom. The summed E-state index contributed by atoms with van der Waals surface area (Å²) in [6, 6.07) is 39.5. The van der Waals surface area contributed by atoms with Gasteiger partial charge in [-0.05, 0) is 120 Å². The van der Waals surface area contributed by atoms with Crippen LogP contribution in [0.5, 0.6) is 5.75 Å². The Morgan fingerprint density at radius 3 is 1.31 bits per heavy atom. The summed E-state index contributed by atoms with van der Waals surface area (Å²) in [5.74, 6) is 0.883. The van der Waals surface area contributed by atoms with Crippen molar-refractivity contribution in [3.8, 4) is 40.1 Å². The van der Waals surface area contributed by atoms with Crippen LogP contribution in [0.4, 0.5) is 0 Å². The number of nitrogens with zero attached hydrogens (tertiary/aromatic N) is 4. The van der Waals surface area contributed by atoms with Crippen molar-refractivity contribution in [3.05, 3.63) is 114 Å². The summed E-state index contributed by atoms with van der Waals surface area (Å²) in [4.78, 5) is 5.02. The van der Waals surface area contributed by atoms with Crippen molar-refractivity contribution in [2.24, 2.45) is 10.8 Å². The first-order valence-corrected chi connectivity index (χ1v) is 20.3. The molecule has 0 bridgehead atoms. The van der Waals surface area contributed by atoms with Crippen molar-refractivity contribution in [2.45, 2.75) is 107 Å². The van der Waals surface area contributed by atoms with Crippen LogP contribution in [0.1, 0.15) is 104 Å². The van der Waals surface area contributed by atoms with Crippen LogP contribution in [0.15, 0.2) is 97.1 Å². The molecule has 5 heteroatoms. The molecule has 4 aromatic rings. The maximum atomic E-state index is 8.97. The van der Waals surface area contributed by atoms with E-state index < -0.39 is 0 Å². The minimum Gasteiger partial charge on any atom is -0.497 e. The van der Waals surface area contributed by atoms with Crippen molar-refractivity contribution in [3.63, 3.8) is 0 Å². The van der Waals surface area contributed by atoms with Crippen LogP contribution in [-0.2, 0) is 19.5 Å². The Bertz CT molecular complexity index is 1720. The van der Waals surface area contributed by atoms with Crippen LogP contribution in [0.25, 0.3) is 22.3 Å². The predicted octanol–water partition coefficient (Wildman–Crippen LogP) is 12.4. The van der Waals surface area contributed by atoms with Gasteiger partial charge in [0, 0.05) is 25.9 Å². The van der Waals surface area contributed by atoms with E-state index in [0.717, 1.165) is 77.1 Å². The second kappa shape index (κ2) is 22.7. The van der Waals surface area contributed by atoms with Gasteiger partial charge in [0.25, 0.3) is 0 Å². The van der Waals surface area contributed by atoms with Gasteiger partial charge in [-0.1, -0.05) is 133 Å². The predicted molar refractivity (Wildman–Crippen MR) is 228 cm³/mol. The highest BCUT2D eigenvalue weighted by Gasteiger charge is 2.30. The number of methoxy groups -OCH3 is 1. The molecule has 0 unspecified atom stereocenters. The molecule has 0 radical (unpaired) electrons. The highest BCUT2D eigenvalue weighted by atomic mass is 16.5. The van der Waals surface area contributed by atoms with Crippen molar-refractivity contribution >= 4 is 0 Å². The summed E-state index contributed by atoms with van der Waals surface area (Å²) < 4.78 is 5.22. The normalized spacial score (nSPS) is 16.0. The molecule has 0 spiro atoms. The second-order valence-corrected chi connectivity index (χ2v) is 15.0. The number of piperidine rings is 2. The maximum absolute atomic E-state index is 8.97. The van der Waals surface area contributed by atoms with Gasteiger partial charge in [0.1, 0.15) is 5.75 Å². The highest BCUT2D eigenvalue weighted by molar-refractivity contribution is 5.65. The third-order valence-corrected chi connectivity index (χ3v) is 11.0. The molecular weight excluding hydrogens is 661 g/mol. The van der Waals surface area contributed by atoms with Gasteiger partial charge >= 0.3 is 0 Å². The van der Waals surface area contributed by atoms with Gasteiger partial charge in [0.05, 0.1) is 19.2 Å². The van der Waals surface area contributed by atoms with Crippen LogP contribution < -0.4 is 4.74 Å². The summed E-state index contributed by atoms with van der Waals surface area (Å²) in [5, 5.41) is 17.9. The molecule has 288 valence electrons. The lowest BCUT2D eigenvalue weighted by molar-refractivity contribution is 0.116. The second-order valence-electron chi connectivity index (χ2n) is 15.0. The number of aryl methyl sites for hydroxylation is 1. The van der Waals surface area contributed by atoms with E-state index in [1.54, 1.807) is 7.11 Å². The van der Waals surface area contributed by atoms with E-state index in [9.17, 15) is 0 Å². The van der Waals surface area contributed by atoms with Gasteiger partial charge in [-0.15, -0.1) is 0 Å². The summed E-state index contributed by atoms with van der Waals surface area (Å²) >= 11 is 0. The minimum atomic E-state index is 0.212. The van der Waals surface area contributed by atoms with Crippen LogP contribution >= 0.6 is 0 Å². The molecular formula is C49H66N4O. The monoisotopic (exact) mass is 727 g/mol. The van der Waals surface area contributed by atoms with Crippen LogP contribution in [0, 0.1) is 33.5 Å². The van der Waals surface area contributed by atoms with Gasteiger partial charge in [-0.3, -0.25) is 9.80 Å². The fourth-order valence-electron chi connectivity index (χ4n) is 7.11. The third-order valence-electron chi connectivity index (χ3n) is 11.0. The van der Waals surface area contributed by atoms with E-state index in [1.165, 1.54) is 38.9 Å². The smallest absolute Gasteiger partial charge is 0.118 e. The zero-order valence-corrected chi connectivity index (χ0v) is 34.6. The number of likely N-dealkylation sites (tertiary alicyclic amines) is 2. The molecule has 2 saturated heterocycles. The van der Waals surface area contributed by atoms with Crippen molar-refractivity contribution < 1.29 is 4.74 Å². The molecule has 0 aliphatic carbocycles. The van der Waals surface area contributed by atoms with E-state index in [4.69, 9.17) is 15.3 Å². The molecule has 4 aromatic carbocycles. The first-order valence-electron chi connectivity index (χ1n) is 20.3. The fraction of sp³-hybridized carbons (Fsp3) is 0.469. The standard InChI is InChI=1S/C23H28N2.C22H26N2O.2C2H6/c1-3-19-5-4-6-22(17-19)21-9-7-20(8-10-21)18-25-15-12-23(2,11-14-24)13-16-25;1-22(11-14-23)12-15-24(16-13-22)17-18-3-5-19(6-4-18)20-7-9-21(25-2)10-8-20;2*1-2/h4-10,17H,3,11-13,15-16,18H2,1-2H3;3-10H,11-13,15-17H2,1-2H3;2*1-2H3. The molecule has 2 heterocycles. The molecule has 5 nitrogen and oxygen atoms in total. The molecule has 2 aliphatic rings. The molecule has 0 aromatic heterocycles. The first-order chi connectivity index (χ1) is 26.2. The zero-order valence-electron chi connectivity index (χ0n) is 34.6. The van der Waals surface area contributed by atoms with Gasteiger partial charge < -0.3 is 4.74 Å². The summed E-state index contributed by atoms with van der Waals surface area (Å²) in [7, 11) is 1.69. The molecule has 2 fully saturated rings. The number of ether oxygens (including phenoxy) is 1. The minimum absolute atomic E-state index is 0.212. The lowest BCUT2D eigenvalue weighted by atomic mass is 9.78. The van der Waals surface area contributed by atoms with Gasteiger partial charge in [0.15, 0.2) is 0 Å². The Hall–Kier alpha value is -4.42. The quantitative estimate of drug-likeness (QED) is 0.163. The number of hydrogen-bond acceptors (Lipinski definition) is 5.